The lowest BCUT2D eigenvalue weighted by atomic mass is 10.1. The van der Waals surface area contributed by atoms with Crippen molar-refractivity contribution >= 4 is 28.5 Å². The quantitative estimate of drug-likeness (QED) is 0.553. The first-order chi connectivity index (χ1) is 16.0. The highest BCUT2D eigenvalue weighted by atomic mass is 16.7. The third kappa shape index (κ3) is 4.01. The van der Waals surface area contributed by atoms with Gasteiger partial charge >= 0.3 is 0 Å². The number of para-hydroxylation sites is 2. The van der Waals surface area contributed by atoms with Gasteiger partial charge in [0.15, 0.2) is 11.5 Å². The minimum absolute atomic E-state index is 0.0314. The maximum atomic E-state index is 13.0. The molecule has 2 aromatic carbocycles. The maximum absolute atomic E-state index is 13.0. The number of benzene rings is 2. The zero-order valence-electron chi connectivity index (χ0n) is 19.0. The first-order valence-corrected chi connectivity index (χ1v) is 11.4. The normalized spacial score (nSPS) is 17.2. The number of fused-ring (bicyclic) bond motifs is 2. The molecule has 0 spiro atoms. The van der Waals surface area contributed by atoms with E-state index in [0.717, 1.165) is 41.9 Å². The average Bonchev–Trinajstić information content (AvgIpc) is 3.54. The third-order valence-corrected chi connectivity index (χ3v) is 6.41. The fourth-order valence-electron chi connectivity index (χ4n) is 4.53. The van der Waals surface area contributed by atoms with Gasteiger partial charge in [0.05, 0.1) is 11.0 Å². The lowest BCUT2D eigenvalue weighted by Crippen LogP contribution is -2.32. The van der Waals surface area contributed by atoms with E-state index in [9.17, 15) is 9.59 Å². The number of imidazole rings is 1. The van der Waals surface area contributed by atoms with Crippen molar-refractivity contribution in [2.75, 3.05) is 31.8 Å². The molecule has 2 amide bonds. The molecule has 0 bridgehead atoms. The molecule has 8 heteroatoms. The van der Waals surface area contributed by atoms with Crippen molar-refractivity contribution in [3.8, 4) is 11.5 Å². The van der Waals surface area contributed by atoms with E-state index in [-0.39, 0.29) is 31.1 Å². The van der Waals surface area contributed by atoms with Crippen LogP contribution < -0.4 is 14.4 Å². The van der Waals surface area contributed by atoms with Gasteiger partial charge in [-0.1, -0.05) is 25.5 Å². The summed E-state index contributed by atoms with van der Waals surface area (Å²) < 4.78 is 12.9. The van der Waals surface area contributed by atoms with Crippen molar-refractivity contribution in [2.45, 2.75) is 38.6 Å². The molecular weight excluding hydrogens is 420 g/mol. The fourth-order valence-corrected chi connectivity index (χ4v) is 4.53. The van der Waals surface area contributed by atoms with Gasteiger partial charge in [-0.15, -0.1) is 0 Å². The number of anilines is 1. The molecule has 1 unspecified atom stereocenters. The molecule has 0 radical (unpaired) electrons. The Hall–Kier alpha value is -3.55. The van der Waals surface area contributed by atoms with Crippen LogP contribution in [-0.4, -0.2) is 53.2 Å². The van der Waals surface area contributed by atoms with Crippen LogP contribution in [0.5, 0.6) is 11.5 Å². The van der Waals surface area contributed by atoms with E-state index in [1.807, 2.05) is 54.1 Å². The number of hydrogen-bond acceptors (Lipinski definition) is 5. The second kappa shape index (κ2) is 8.77. The van der Waals surface area contributed by atoms with Crippen LogP contribution in [-0.2, 0) is 16.1 Å². The number of amides is 2. The van der Waals surface area contributed by atoms with Crippen molar-refractivity contribution < 1.29 is 19.1 Å². The van der Waals surface area contributed by atoms with Crippen LogP contribution in [0.2, 0.25) is 0 Å². The summed E-state index contributed by atoms with van der Waals surface area (Å²) in [5, 5.41) is 0. The standard InChI is InChI=1S/C25H28N4O4/c1-3-4-11-27(2)24(31)15-29-20-8-6-5-7-19(20)26-25(29)17-12-23(30)28(14-17)18-9-10-21-22(13-18)33-16-32-21/h5-10,13,17H,3-4,11-12,14-16H2,1-2H3. The maximum Gasteiger partial charge on any atom is 0.242 e. The van der Waals surface area contributed by atoms with E-state index in [2.05, 4.69) is 6.92 Å². The molecule has 0 N–H and O–H groups in total. The van der Waals surface area contributed by atoms with E-state index in [0.29, 0.717) is 24.5 Å². The molecule has 3 heterocycles. The van der Waals surface area contributed by atoms with Crippen molar-refractivity contribution in [3.63, 3.8) is 0 Å². The zero-order valence-corrected chi connectivity index (χ0v) is 19.0. The Morgan fingerprint density at radius 1 is 1.18 bits per heavy atom. The number of rotatable bonds is 7. The minimum atomic E-state index is -0.107. The first kappa shape index (κ1) is 21.3. The molecule has 1 atom stereocenters. The summed E-state index contributed by atoms with van der Waals surface area (Å²) in [5.41, 5.74) is 2.54. The van der Waals surface area contributed by atoms with Gasteiger partial charge in [-0.25, -0.2) is 4.98 Å². The van der Waals surface area contributed by atoms with Crippen molar-refractivity contribution in [1.29, 1.82) is 0 Å². The summed E-state index contributed by atoms with van der Waals surface area (Å²) in [6.07, 6.45) is 2.36. The smallest absolute Gasteiger partial charge is 0.242 e. The Balaban J connectivity index is 1.43. The van der Waals surface area contributed by atoms with Crippen molar-refractivity contribution in [2.24, 2.45) is 0 Å². The Bertz CT molecular complexity index is 1200. The summed E-state index contributed by atoms with van der Waals surface area (Å²) in [7, 11) is 1.84. The number of unbranched alkanes of at least 4 members (excludes halogenated alkanes) is 1. The molecule has 8 nitrogen and oxygen atoms in total. The lowest BCUT2D eigenvalue weighted by molar-refractivity contribution is -0.130. The van der Waals surface area contributed by atoms with Gasteiger partial charge in [-0.2, -0.15) is 0 Å². The molecule has 1 fully saturated rings. The van der Waals surface area contributed by atoms with Crippen LogP contribution in [0.4, 0.5) is 5.69 Å². The van der Waals surface area contributed by atoms with E-state index in [1.54, 1.807) is 9.80 Å². The highest BCUT2D eigenvalue weighted by Crippen LogP contribution is 2.39. The Morgan fingerprint density at radius 3 is 2.85 bits per heavy atom. The molecule has 33 heavy (non-hydrogen) atoms. The molecular formula is C25H28N4O4. The monoisotopic (exact) mass is 448 g/mol. The molecule has 2 aliphatic heterocycles. The SMILES string of the molecule is CCCCN(C)C(=O)Cn1c(C2CC(=O)N(c3ccc4c(c3)OCO4)C2)nc2ccccc21. The van der Waals surface area contributed by atoms with Gasteiger partial charge in [0, 0.05) is 44.2 Å². The second-order valence-corrected chi connectivity index (χ2v) is 8.66. The van der Waals surface area contributed by atoms with Crippen LogP contribution >= 0.6 is 0 Å². The molecule has 172 valence electrons. The second-order valence-electron chi connectivity index (χ2n) is 8.66. The van der Waals surface area contributed by atoms with Crippen LogP contribution in [0.25, 0.3) is 11.0 Å². The predicted octanol–water partition coefficient (Wildman–Crippen LogP) is 3.54. The average molecular weight is 449 g/mol. The van der Waals surface area contributed by atoms with Gasteiger partial charge < -0.3 is 23.8 Å². The lowest BCUT2D eigenvalue weighted by Gasteiger charge is -2.20. The molecule has 1 saturated heterocycles. The first-order valence-electron chi connectivity index (χ1n) is 11.4. The van der Waals surface area contributed by atoms with Gasteiger partial charge in [0.1, 0.15) is 12.4 Å². The number of aromatic nitrogens is 2. The summed E-state index contributed by atoms with van der Waals surface area (Å²) in [4.78, 5) is 34.3. The highest BCUT2D eigenvalue weighted by molar-refractivity contribution is 5.97. The van der Waals surface area contributed by atoms with Gasteiger partial charge in [0.25, 0.3) is 0 Å². The summed E-state index contributed by atoms with van der Waals surface area (Å²) in [6.45, 7) is 3.76. The summed E-state index contributed by atoms with van der Waals surface area (Å²) in [6, 6.07) is 13.4. The van der Waals surface area contributed by atoms with Gasteiger partial charge in [-0.05, 0) is 30.7 Å². The Kier molecular flexibility index (Phi) is 5.66. The molecule has 0 saturated carbocycles. The largest absolute Gasteiger partial charge is 0.454 e. The number of ether oxygens (including phenoxy) is 2. The topological polar surface area (TPSA) is 76.9 Å². The van der Waals surface area contributed by atoms with E-state index < -0.39 is 0 Å². The summed E-state index contributed by atoms with van der Waals surface area (Å²) >= 11 is 0. The number of carbonyl (C=O) groups excluding carboxylic acids is 2. The molecule has 5 rings (SSSR count). The number of nitrogens with zero attached hydrogens (tertiary/aromatic N) is 4. The fraction of sp³-hybridized carbons (Fsp3) is 0.400. The third-order valence-electron chi connectivity index (χ3n) is 6.41. The van der Waals surface area contributed by atoms with Crippen LogP contribution in [0.15, 0.2) is 42.5 Å². The number of likely N-dealkylation sites (N-methyl/N-ethyl adjacent to an activating group) is 1. The van der Waals surface area contributed by atoms with Crippen LogP contribution in [0.3, 0.4) is 0 Å². The van der Waals surface area contributed by atoms with Gasteiger partial charge in [0.2, 0.25) is 18.6 Å². The van der Waals surface area contributed by atoms with E-state index in [4.69, 9.17) is 14.5 Å². The minimum Gasteiger partial charge on any atom is -0.454 e. The zero-order chi connectivity index (χ0) is 22.9. The Morgan fingerprint density at radius 2 is 2.00 bits per heavy atom. The van der Waals surface area contributed by atoms with E-state index in [1.165, 1.54) is 0 Å². The van der Waals surface area contributed by atoms with E-state index >= 15 is 0 Å². The van der Waals surface area contributed by atoms with Crippen LogP contribution in [0, 0.1) is 0 Å². The van der Waals surface area contributed by atoms with Gasteiger partial charge in [-0.3, -0.25) is 9.59 Å². The molecule has 2 aliphatic rings. The van der Waals surface area contributed by atoms with Crippen molar-refractivity contribution in [3.05, 3.63) is 48.3 Å². The Labute approximate surface area is 192 Å². The predicted molar refractivity (Wildman–Crippen MR) is 125 cm³/mol. The number of carbonyl (C=O) groups is 2. The molecule has 3 aromatic rings. The molecule has 1 aromatic heterocycles. The highest BCUT2D eigenvalue weighted by Gasteiger charge is 2.35. The molecule has 0 aliphatic carbocycles. The van der Waals surface area contributed by atoms with Crippen molar-refractivity contribution in [1.82, 2.24) is 14.5 Å². The van der Waals surface area contributed by atoms with Crippen LogP contribution in [0.1, 0.15) is 37.9 Å². The summed E-state index contributed by atoms with van der Waals surface area (Å²) in [5.74, 6) is 2.09. The number of hydrogen-bond donors (Lipinski definition) is 0.